The Morgan fingerprint density at radius 3 is 3.00 bits per heavy atom. The molecule has 2 heterocycles. The van der Waals surface area contributed by atoms with E-state index in [9.17, 15) is 4.79 Å². The first-order valence-corrected chi connectivity index (χ1v) is 5.45. The molecule has 2 aromatic heterocycles. The number of carbonyl (C=O) groups is 1. The van der Waals surface area contributed by atoms with E-state index in [2.05, 4.69) is 15.3 Å². The van der Waals surface area contributed by atoms with Crippen LogP contribution in [0.25, 0.3) is 21.8 Å². The number of fused-ring (bicyclic) bond motifs is 3. The van der Waals surface area contributed by atoms with Crippen molar-refractivity contribution in [3.63, 3.8) is 0 Å². The topological polar surface area (TPSA) is 110 Å². The lowest BCUT2D eigenvalue weighted by molar-refractivity contribution is 0.0996. The van der Waals surface area contributed by atoms with Gasteiger partial charge in [0.25, 0.3) is 5.91 Å². The van der Waals surface area contributed by atoms with E-state index in [-0.39, 0.29) is 6.61 Å². The van der Waals surface area contributed by atoms with Gasteiger partial charge in [-0.1, -0.05) is 0 Å². The van der Waals surface area contributed by atoms with Gasteiger partial charge in [0, 0.05) is 10.8 Å². The molecule has 0 aliphatic rings. The monoisotopic (exact) mass is 245 g/mol. The number of nitrogens with zero attached hydrogens (tertiary/aromatic N) is 3. The lowest BCUT2D eigenvalue weighted by Gasteiger charge is -2.01. The van der Waals surface area contributed by atoms with Crippen LogP contribution in [-0.2, 0) is 6.54 Å². The van der Waals surface area contributed by atoms with Crippen molar-refractivity contribution in [2.45, 2.75) is 6.54 Å². The number of aromatic nitrogens is 4. The van der Waals surface area contributed by atoms with Crippen LogP contribution in [0.15, 0.2) is 18.3 Å². The lowest BCUT2D eigenvalue weighted by atomic mass is 10.1. The van der Waals surface area contributed by atoms with E-state index in [1.54, 1.807) is 23.0 Å². The molecule has 4 N–H and O–H groups in total. The molecule has 0 fully saturated rings. The molecule has 0 aliphatic heterocycles. The zero-order valence-electron chi connectivity index (χ0n) is 9.42. The van der Waals surface area contributed by atoms with E-state index in [1.807, 2.05) is 0 Å². The Labute approximate surface area is 101 Å². The predicted molar refractivity (Wildman–Crippen MR) is 65.0 cm³/mol. The standard InChI is InChI=1S/C11H11N5O2/c12-11(18)9-6-1-2-8-7(5-13-14-8)10(6)16(15-9)3-4-17/h1-2,5,15,17H,3-4H2,(H2,12,18). The highest BCUT2D eigenvalue weighted by atomic mass is 16.3. The van der Waals surface area contributed by atoms with Crippen molar-refractivity contribution < 1.29 is 9.90 Å². The molecule has 3 rings (SSSR count). The SMILES string of the molecule is NC(=O)c1[nH]n(CCO)c2c1ccc1nncc12. The molecule has 0 saturated heterocycles. The van der Waals surface area contributed by atoms with E-state index >= 15 is 0 Å². The maximum absolute atomic E-state index is 11.4. The van der Waals surface area contributed by atoms with Gasteiger partial charge in [-0.15, -0.1) is 0 Å². The third-order valence-electron chi connectivity index (χ3n) is 2.90. The number of benzene rings is 1. The van der Waals surface area contributed by atoms with E-state index in [4.69, 9.17) is 10.8 Å². The van der Waals surface area contributed by atoms with Crippen LogP contribution in [0.4, 0.5) is 0 Å². The smallest absolute Gasteiger partial charge is 0.267 e. The fraction of sp³-hybridized carbons (Fsp3) is 0.182. The number of hydrogen-bond acceptors (Lipinski definition) is 4. The molecule has 7 heteroatoms. The summed E-state index contributed by atoms with van der Waals surface area (Å²) < 4.78 is 1.68. The molecule has 3 aromatic rings. The summed E-state index contributed by atoms with van der Waals surface area (Å²) in [6, 6.07) is 3.56. The molecule has 0 bridgehead atoms. The van der Waals surface area contributed by atoms with Crippen LogP contribution in [-0.4, -0.2) is 37.6 Å². The first kappa shape index (κ1) is 10.7. The Balaban J connectivity index is 2.44. The van der Waals surface area contributed by atoms with Gasteiger partial charge in [0.1, 0.15) is 5.69 Å². The number of aliphatic hydroxyl groups is 1. The summed E-state index contributed by atoms with van der Waals surface area (Å²) in [5.41, 5.74) is 7.17. The summed E-state index contributed by atoms with van der Waals surface area (Å²) in [6.45, 7) is 0.296. The number of nitrogens with two attached hydrogens (primary N) is 1. The molecule has 18 heavy (non-hydrogen) atoms. The highest BCUT2D eigenvalue weighted by Crippen LogP contribution is 2.26. The molecule has 0 atom stereocenters. The molecule has 7 nitrogen and oxygen atoms in total. The Hall–Kier alpha value is -2.41. The minimum atomic E-state index is -0.538. The minimum Gasteiger partial charge on any atom is -0.394 e. The summed E-state index contributed by atoms with van der Waals surface area (Å²) >= 11 is 0. The van der Waals surface area contributed by atoms with Gasteiger partial charge in [-0.2, -0.15) is 10.2 Å². The minimum absolute atomic E-state index is 0.0452. The summed E-state index contributed by atoms with van der Waals surface area (Å²) in [5.74, 6) is -0.538. The third kappa shape index (κ3) is 1.37. The van der Waals surface area contributed by atoms with Crippen molar-refractivity contribution in [2.24, 2.45) is 5.73 Å². The van der Waals surface area contributed by atoms with Crippen molar-refractivity contribution in [1.82, 2.24) is 20.0 Å². The van der Waals surface area contributed by atoms with Gasteiger partial charge in [-0.05, 0) is 12.1 Å². The molecular formula is C11H11N5O2. The van der Waals surface area contributed by atoms with Crippen LogP contribution in [0.3, 0.4) is 0 Å². The molecule has 92 valence electrons. The first-order valence-electron chi connectivity index (χ1n) is 5.45. The van der Waals surface area contributed by atoms with Crippen molar-refractivity contribution in [1.29, 1.82) is 0 Å². The number of primary amides is 1. The number of hydrogen-bond donors (Lipinski definition) is 3. The molecule has 0 spiro atoms. The average molecular weight is 245 g/mol. The Kier molecular flexibility index (Phi) is 2.27. The van der Waals surface area contributed by atoms with Crippen LogP contribution < -0.4 is 5.73 Å². The largest absolute Gasteiger partial charge is 0.394 e. The fourth-order valence-electron chi connectivity index (χ4n) is 2.16. The van der Waals surface area contributed by atoms with E-state index in [0.717, 1.165) is 16.4 Å². The van der Waals surface area contributed by atoms with Gasteiger partial charge in [-0.3, -0.25) is 14.6 Å². The van der Waals surface area contributed by atoms with Crippen LogP contribution in [0, 0.1) is 0 Å². The van der Waals surface area contributed by atoms with Crippen molar-refractivity contribution >= 4 is 27.7 Å². The zero-order chi connectivity index (χ0) is 12.7. The number of carbonyl (C=O) groups excluding carboxylic acids is 1. The Morgan fingerprint density at radius 2 is 2.28 bits per heavy atom. The highest BCUT2D eigenvalue weighted by molar-refractivity contribution is 6.12. The summed E-state index contributed by atoms with van der Waals surface area (Å²) in [6.07, 6.45) is 1.63. The Bertz CT molecular complexity index is 742. The van der Waals surface area contributed by atoms with E-state index < -0.39 is 5.91 Å². The molecule has 0 saturated carbocycles. The van der Waals surface area contributed by atoms with Gasteiger partial charge >= 0.3 is 0 Å². The molecule has 1 aromatic carbocycles. The molecule has 1 amide bonds. The summed E-state index contributed by atoms with van der Waals surface area (Å²) in [5, 5.41) is 21.3. The van der Waals surface area contributed by atoms with Crippen molar-refractivity contribution in [3.05, 3.63) is 24.0 Å². The second kappa shape index (κ2) is 3.81. The predicted octanol–water partition coefficient (Wildman–Crippen LogP) is 0.00380. The number of rotatable bonds is 3. The average Bonchev–Trinajstić information content (AvgIpc) is 2.92. The summed E-state index contributed by atoms with van der Waals surface area (Å²) in [4.78, 5) is 11.4. The van der Waals surface area contributed by atoms with Crippen LogP contribution in [0.1, 0.15) is 10.5 Å². The number of amides is 1. The molecular weight excluding hydrogens is 234 g/mol. The highest BCUT2D eigenvalue weighted by Gasteiger charge is 2.16. The second-order valence-electron chi connectivity index (χ2n) is 3.97. The van der Waals surface area contributed by atoms with Gasteiger partial charge in [0.2, 0.25) is 0 Å². The summed E-state index contributed by atoms with van der Waals surface area (Å²) in [7, 11) is 0. The number of nitrogens with one attached hydrogen (secondary N) is 1. The molecule has 0 unspecified atom stereocenters. The van der Waals surface area contributed by atoms with Crippen molar-refractivity contribution in [2.75, 3.05) is 6.61 Å². The zero-order valence-corrected chi connectivity index (χ0v) is 9.42. The maximum atomic E-state index is 11.4. The van der Waals surface area contributed by atoms with Gasteiger partial charge < -0.3 is 10.8 Å². The first-order chi connectivity index (χ1) is 8.72. The number of aromatic amines is 1. The van der Waals surface area contributed by atoms with E-state index in [0.29, 0.717) is 17.6 Å². The third-order valence-corrected chi connectivity index (χ3v) is 2.90. The van der Waals surface area contributed by atoms with Gasteiger partial charge in [0.05, 0.1) is 30.4 Å². The van der Waals surface area contributed by atoms with Gasteiger partial charge in [-0.25, -0.2) is 0 Å². The molecule has 0 radical (unpaired) electrons. The number of aliphatic hydroxyl groups excluding tert-OH is 1. The quantitative estimate of drug-likeness (QED) is 0.603. The fourth-order valence-corrected chi connectivity index (χ4v) is 2.16. The van der Waals surface area contributed by atoms with Crippen LogP contribution in [0.5, 0.6) is 0 Å². The second-order valence-corrected chi connectivity index (χ2v) is 3.97. The van der Waals surface area contributed by atoms with E-state index in [1.165, 1.54) is 0 Å². The number of H-pyrrole nitrogens is 1. The van der Waals surface area contributed by atoms with Crippen LogP contribution >= 0.6 is 0 Å². The maximum Gasteiger partial charge on any atom is 0.267 e. The lowest BCUT2D eigenvalue weighted by Crippen LogP contribution is -2.13. The normalized spacial score (nSPS) is 11.4. The van der Waals surface area contributed by atoms with Gasteiger partial charge in [0.15, 0.2) is 0 Å². The van der Waals surface area contributed by atoms with Crippen molar-refractivity contribution in [3.8, 4) is 0 Å². The molecule has 0 aliphatic carbocycles. The van der Waals surface area contributed by atoms with Crippen LogP contribution in [0.2, 0.25) is 0 Å². The Morgan fingerprint density at radius 1 is 1.44 bits per heavy atom.